The van der Waals surface area contributed by atoms with Crippen LogP contribution in [0.2, 0.25) is 0 Å². The first-order chi connectivity index (χ1) is 12.3. The number of aromatic nitrogens is 2. The fourth-order valence-electron chi connectivity index (χ4n) is 2.58. The van der Waals surface area contributed by atoms with Gasteiger partial charge in [-0.3, -0.25) is 9.36 Å². The lowest BCUT2D eigenvalue weighted by Gasteiger charge is -2.11. The van der Waals surface area contributed by atoms with Gasteiger partial charge in [0.25, 0.3) is 5.91 Å². The molecule has 0 bridgehead atoms. The molecule has 0 fully saturated rings. The lowest BCUT2D eigenvalue weighted by Crippen LogP contribution is -2.35. The van der Waals surface area contributed by atoms with Crippen LogP contribution in [0.25, 0.3) is 11.9 Å². The van der Waals surface area contributed by atoms with Crippen molar-refractivity contribution in [2.24, 2.45) is 0 Å². The van der Waals surface area contributed by atoms with Crippen molar-refractivity contribution in [3.05, 3.63) is 40.9 Å². The summed E-state index contributed by atoms with van der Waals surface area (Å²) in [5.74, 6) is 0.559. The number of carbonyl (C=O) groups is 2. The fourth-order valence-corrected chi connectivity index (χ4v) is 2.58. The Labute approximate surface area is 153 Å². The van der Waals surface area contributed by atoms with Crippen molar-refractivity contribution in [2.45, 2.75) is 47.1 Å². The van der Waals surface area contributed by atoms with Crippen molar-refractivity contribution in [3.8, 4) is 5.82 Å². The van der Waals surface area contributed by atoms with E-state index < -0.39 is 12.1 Å². The molecule has 0 saturated heterocycles. The van der Waals surface area contributed by atoms with Gasteiger partial charge in [0.05, 0.1) is 0 Å². The smallest absolute Gasteiger partial charge is 0.331 e. The third-order valence-electron chi connectivity index (χ3n) is 3.93. The summed E-state index contributed by atoms with van der Waals surface area (Å²) < 4.78 is 12.2. The van der Waals surface area contributed by atoms with Crippen molar-refractivity contribution in [3.63, 3.8) is 0 Å². The van der Waals surface area contributed by atoms with Gasteiger partial charge in [0, 0.05) is 30.1 Å². The molecule has 2 heterocycles. The summed E-state index contributed by atoms with van der Waals surface area (Å²) >= 11 is 0. The van der Waals surface area contributed by atoms with E-state index in [2.05, 4.69) is 10.5 Å². The van der Waals surface area contributed by atoms with E-state index in [9.17, 15) is 9.59 Å². The number of nitrogens with one attached hydrogen (secondary N) is 1. The van der Waals surface area contributed by atoms with Gasteiger partial charge in [0.2, 0.25) is 0 Å². The molecule has 2 rings (SSSR count). The number of hydrogen-bond acceptors (Lipinski definition) is 5. The first kappa shape index (κ1) is 19.5. The monoisotopic (exact) mass is 359 g/mol. The van der Waals surface area contributed by atoms with Crippen LogP contribution in [0.5, 0.6) is 0 Å². The maximum Gasteiger partial charge on any atom is 0.331 e. The standard InChI is InChI=1S/C19H25N3O4/c1-6-9-20-19(24)15(5)25-18(23)8-7-16-10-12(2)22(14(16)4)17-11-13(3)26-21-17/h7-8,10-11,15H,6,9H2,1-5H3,(H,20,24)/b8-7+/t15-/m1/s1. The van der Waals surface area contributed by atoms with E-state index in [1.54, 1.807) is 13.0 Å². The van der Waals surface area contributed by atoms with Crippen LogP contribution in [-0.4, -0.2) is 34.2 Å². The highest BCUT2D eigenvalue weighted by atomic mass is 16.5. The van der Waals surface area contributed by atoms with Crippen molar-refractivity contribution < 1.29 is 18.8 Å². The molecule has 2 aromatic heterocycles. The Hall–Kier alpha value is -2.83. The molecule has 2 aromatic rings. The molecular weight excluding hydrogens is 334 g/mol. The number of esters is 1. The molecule has 140 valence electrons. The Bertz CT molecular complexity index is 817. The molecule has 26 heavy (non-hydrogen) atoms. The van der Waals surface area contributed by atoms with Crippen molar-refractivity contribution >= 4 is 18.0 Å². The predicted octanol–water partition coefficient (Wildman–Crippen LogP) is 2.86. The molecule has 0 spiro atoms. The molecule has 1 atom stereocenters. The molecule has 0 aromatic carbocycles. The highest BCUT2D eigenvalue weighted by molar-refractivity contribution is 5.90. The number of ether oxygens (including phenoxy) is 1. The lowest BCUT2D eigenvalue weighted by molar-refractivity contribution is -0.150. The van der Waals surface area contributed by atoms with Crippen LogP contribution < -0.4 is 5.32 Å². The zero-order valence-corrected chi connectivity index (χ0v) is 15.8. The quantitative estimate of drug-likeness (QED) is 0.607. The second-order valence-electron chi connectivity index (χ2n) is 6.16. The van der Waals surface area contributed by atoms with Gasteiger partial charge in [-0.15, -0.1) is 0 Å². The van der Waals surface area contributed by atoms with Gasteiger partial charge in [0.15, 0.2) is 11.9 Å². The topological polar surface area (TPSA) is 86.4 Å². The minimum atomic E-state index is -0.829. The number of amides is 1. The van der Waals surface area contributed by atoms with Crippen LogP contribution in [0.4, 0.5) is 0 Å². The summed E-state index contributed by atoms with van der Waals surface area (Å²) in [5.41, 5.74) is 2.76. The number of aryl methyl sites for hydroxylation is 2. The second kappa shape index (κ2) is 8.51. The third-order valence-corrected chi connectivity index (χ3v) is 3.93. The van der Waals surface area contributed by atoms with Gasteiger partial charge < -0.3 is 14.6 Å². The van der Waals surface area contributed by atoms with Crippen molar-refractivity contribution in [1.29, 1.82) is 0 Å². The molecule has 7 nitrogen and oxygen atoms in total. The SMILES string of the molecule is CCCNC(=O)[C@@H](C)OC(=O)/C=C/c1cc(C)n(-c2cc(C)on2)c1C. The van der Waals surface area contributed by atoms with Crippen LogP contribution in [0.3, 0.4) is 0 Å². The summed E-state index contributed by atoms with van der Waals surface area (Å²) in [5, 5.41) is 6.72. The van der Waals surface area contributed by atoms with Gasteiger partial charge in [0.1, 0.15) is 5.76 Å². The van der Waals surface area contributed by atoms with E-state index in [0.717, 1.165) is 29.1 Å². The number of carbonyl (C=O) groups excluding carboxylic acids is 2. The van der Waals surface area contributed by atoms with E-state index in [0.29, 0.717) is 12.4 Å². The van der Waals surface area contributed by atoms with Crippen LogP contribution in [-0.2, 0) is 14.3 Å². The number of nitrogens with zero attached hydrogens (tertiary/aromatic N) is 2. The van der Waals surface area contributed by atoms with E-state index in [1.165, 1.54) is 6.08 Å². The maximum absolute atomic E-state index is 12.0. The Kier molecular flexibility index (Phi) is 6.38. The summed E-state index contributed by atoms with van der Waals surface area (Å²) in [6.45, 7) is 9.78. The van der Waals surface area contributed by atoms with Crippen LogP contribution in [0.15, 0.2) is 22.7 Å². The van der Waals surface area contributed by atoms with Gasteiger partial charge in [-0.05, 0) is 51.8 Å². The molecule has 0 aliphatic rings. The highest BCUT2D eigenvalue weighted by Crippen LogP contribution is 2.21. The number of rotatable bonds is 7. The first-order valence-electron chi connectivity index (χ1n) is 8.62. The maximum atomic E-state index is 12.0. The molecule has 0 aliphatic heterocycles. The zero-order chi connectivity index (χ0) is 19.3. The average Bonchev–Trinajstić information content (AvgIpc) is 3.13. The summed E-state index contributed by atoms with van der Waals surface area (Å²) in [6, 6.07) is 3.79. The molecule has 0 saturated carbocycles. The highest BCUT2D eigenvalue weighted by Gasteiger charge is 2.16. The largest absolute Gasteiger partial charge is 0.449 e. The van der Waals surface area contributed by atoms with Crippen molar-refractivity contribution in [2.75, 3.05) is 6.54 Å². The van der Waals surface area contributed by atoms with Crippen LogP contribution >= 0.6 is 0 Å². The van der Waals surface area contributed by atoms with Gasteiger partial charge >= 0.3 is 5.97 Å². The van der Waals surface area contributed by atoms with Gasteiger partial charge in [-0.1, -0.05) is 12.1 Å². The second-order valence-corrected chi connectivity index (χ2v) is 6.16. The molecule has 7 heteroatoms. The van der Waals surface area contributed by atoms with E-state index in [1.807, 2.05) is 44.4 Å². The Balaban J connectivity index is 2.06. The molecule has 0 radical (unpaired) electrons. The Morgan fingerprint density at radius 1 is 1.35 bits per heavy atom. The zero-order valence-electron chi connectivity index (χ0n) is 15.8. The van der Waals surface area contributed by atoms with Crippen LogP contribution in [0, 0.1) is 20.8 Å². The average molecular weight is 359 g/mol. The van der Waals surface area contributed by atoms with Crippen LogP contribution in [0.1, 0.15) is 43.0 Å². The molecular formula is C19H25N3O4. The Morgan fingerprint density at radius 2 is 2.08 bits per heavy atom. The first-order valence-corrected chi connectivity index (χ1v) is 8.62. The van der Waals surface area contributed by atoms with E-state index in [4.69, 9.17) is 9.26 Å². The summed E-state index contributed by atoms with van der Waals surface area (Å²) in [7, 11) is 0. The minimum Gasteiger partial charge on any atom is -0.449 e. The summed E-state index contributed by atoms with van der Waals surface area (Å²) in [6.07, 6.45) is 2.99. The fraction of sp³-hybridized carbons (Fsp3) is 0.421. The predicted molar refractivity (Wildman–Crippen MR) is 97.9 cm³/mol. The van der Waals surface area contributed by atoms with E-state index in [-0.39, 0.29) is 5.91 Å². The molecule has 1 N–H and O–H groups in total. The van der Waals surface area contributed by atoms with Gasteiger partial charge in [-0.25, -0.2) is 4.79 Å². The van der Waals surface area contributed by atoms with Crippen molar-refractivity contribution in [1.82, 2.24) is 15.0 Å². The summed E-state index contributed by atoms with van der Waals surface area (Å²) in [4.78, 5) is 23.7. The minimum absolute atomic E-state index is 0.298. The van der Waals surface area contributed by atoms with E-state index >= 15 is 0 Å². The normalized spacial score (nSPS) is 12.3. The molecule has 1 amide bonds. The molecule has 0 unspecified atom stereocenters. The van der Waals surface area contributed by atoms with Gasteiger partial charge in [-0.2, -0.15) is 0 Å². The Morgan fingerprint density at radius 3 is 2.69 bits per heavy atom. The number of hydrogen-bond donors (Lipinski definition) is 1. The lowest BCUT2D eigenvalue weighted by atomic mass is 10.2. The third kappa shape index (κ3) is 4.62. The molecule has 0 aliphatic carbocycles.